The van der Waals surface area contributed by atoms with Gasteiger partial charge in [-0.1, -0.05) is 18.7 Å². The zero-order chi connectivity index (χ0) is 17.3. The Morgan fingerprint density at radius 2 is 2.08 bits per heavy atom. The maximum absolute atomic E-state index is 12.5. The second kappa shape index (κ2) is 6.35. The van der Waals surface area contributed by atoms with Gasteiger partial charge >= 0.3 is 5.97 Å². The fourth-order valence-electron chi connectivity index (χ4n) is 2.90. The topological polar surface area (TPSA) is 72.3 Å². The van der Waals surface area contributed by atoms with Crippen LogP contribution in [0.5, 0.6) is 0 Å². The Morgan fingerprint density at radius 1 is 1.38 bits per heavy atom. The minimum absolute atomic E-state index is 0.319. The number of ether oxygens (including phenoxy) is 1. The van der Waals surface area contributed by atoms with Gasteiger partial charge in [0.05, 0.1) is 12.6 Å². The van der Waals surface area contributed by atoms with Crippen molar-refractivity contribution in [2.75, 3.05) is 30.9 Å². The standard InChI is InChI=1S/C17H21N5O2/c1-5-24-16(23)14-11(2)20-17-18-10-19-22(17)15(14)12-6-8-13(9-7-12)21(3)4/h6-10,14-15H,2,5H2,1,3-4H3,(H,18,19,20). The van der Waals surface area contributed by atoms with Gasteiger partial charge in [0.15, 0.2) is 0 Å². The van der Waals surface area contributed by atoms with Crippen LogP contribution in [-0.4, -0.2) is 41.4 Å². The highest BCUT2D eigenvalue weighted by Crippen LogP contribution is 2.38. The molecule has 1 aromatic carbocycles. The van der Waals surface area contributed by atoms with Crippen LogP contribution in [0.25, 0.3) is 0 Å². The number of aromatic nitrogens is 3. The van der Waals surface area contributed by atoms with E-state index < -0.39 is 5.92 Å². The van der Waals surface area contributed by atoms with Crippen LogP contribution in [-0.2, 0) is 9.53 Å². The summed E-state index contributed by atoms with van der Waals surface area (Å²) < 4.78 is 6.96. The zero-order valence-electron chi connectivity index (χ0n) is 14.1. The molecule has 1 N–H and O–H groups in total. The molecule has 1 aliphatic heterocycles. The van der Waals surface area contributed by atoms with Crippen LogP contribution in [0.2, 0.25) is 0 Å². The minimum atomic E-state index is -0.565. The number of fused-ring (bicyclic) bond motifs is 1. The predicted molar refractivity (Wildman–Crippen MR) is 91.8 cm³/mol. The lowest BCUT2D eigenvalue weighted by atomic mass is 9.89. The molecular formula is C17H21N5O2. The summed E-state index contributed by atoms with van der Waals surface area (Å²) in [7, 11) is 3.97. The van der Waals surface area contributed by atoms with Crippen molar-refractivity contribution in [3.63, 3.8) is 0 Å². The molecule has 24 heavy (non-hydrogen) atoms. The number of carbonyl (C=O) groups excluding carboxylic acids is 1. The summed E-state index contributed by atoms with van der Waals surface area (Å²) in [5.74, 6) is -0.315. The number of benzene rings is 1. The van der Waals surface area contributed by atoms with Crippen molar-refractivity contribution in [1.29, 1.82) is 0 Å². The Morgan fingerprint density at radius 3 is 2.71 bits per heavy atom. The van der Waals surface area contributed by atoms with E-state index in [1.807, 2.05) is 43.3 Å². The van der Waals surface area contributed by atoms with E-state index in [0.717, 1.165) is 11.3 Å². The number of hydrogen-bond acceptors (Lipinski definition) is 6. The molecule has 2 atom stereocenters. The summed E-state index contributed by atoms with van der Waals surface area (Å²) in [6, 6.07) is 7.68. The first-order valence-electron chi connectivity index (χ1n) is 7.82. The quantitative estimate of drug-likeness (QED) is 0.867. The van der Waals surface area contributed by atoms with Gasteiger partial charge < -0.3 is 15.0 Å². The number of rotatable bonds is 4. The second-order valence-corrected chi connectivity index (χ2v) is 5.84. The van der Waals surface area contributed by atoms with E-state index in [1.165, 1.54) is 6.33 Å². The lowest BCUT2D eigenvalue weighted by Gasteiger charge is -2.33. The Bertz CT molecular complexity index is 751. The fourth-order valence-corrected chi connectivity index (χ4v) is 2.90. The Hall–Kier alpha value is -2.83. The number of nitrogens with one attached hydrogen (secondary N) is 1. The molecule has 0 spiro atoms. The van der Waals surface area contributed by atoms with Crippen LogP contribution in [0.3, 0.4) is 0 Å². The van der Waals surface area contributed by atoms with E-state index in [-0.39, 0.29) is 12.0 Å². The Labute approximate surface area is 140 Å². The van der Waals surface area contributed by atoms with E-state index in [9.17, 15) is 4.79 Å². The van der Waals surface area contributed by atoms with E-state index >= 15 is 0 Å². The summed E-state index contributed by atoms with van der Waals surface area (Å²) in [6.45, 7) is 6.11. The number of esters is 1. The zero-order valence-corrected chi connectivity index (χ0v) is 14.1. The molecule has 1 aliphatic rings. The molecule has 7 nitrogen and oxygen atoms in total. The van der Waals surface area contributed by atoms with Crippen LogP contribution < -0.4 is 10.2 Å². The van der Waals surface area contributed by atoms with Crippen LogP contribution in [0, 0.1) is 5.92 Å². The number of anilines is 2. The molecule has 3 rings (SSSR count). The van der Waals surface area contributed by atoms with Gasteiger partial charge in [0.2, 0.25) is 5.95 Å². The fraction of sp³-hybridized carbons (Fsp3) is 0.353. The molecule has 0 saturated heterocycles. The van der Waals surface area contributed by atoms with Crippen molar-refractivity contribution in [2.24, 2.45) is 5.92 Å². The molecule has 0 radical (unpaired) electrons. The highest BCUT2D eigenvalue weighted by atomic mass is 16.5. The summed E-state index contributed by atoms with van der Waals surface area (Å²) in [5, 5.41) is 7.33. The number of nitrogens with zero attached hydrogens (tertiary/aromatic N) is 4. The third-order valence-corrected chi connectivity index (χ3v) is 4.09. The maximum Gasteiger partial charge on any atom is 0.317 e. The van der Waals surface area contributed by atoms with Gasteiger partial charge in [0.25, 0.3) is 0 Å². The lowest BCUT2D eigenvalue weighted by Crippen LogP contribution is -2.37. The smallest absolute Gasteiger partial charge is 0.317 e. The van der Waals surface area contributed by atoms with Gasteiger partial charge in [-0.15, -0.1) is 0 Å². The molecule has 0 bridgehead atoms. The average molecular weight is 327 g/mol. The molecule has 126 valence electrons. The van der Waals surface area contributed by atoms with E-state index in [1.54, 1.807) is 11.6 Å². The summed E-state index contributed by atoms with van der Waals surface area (Å²) >= 11 is 0. The summed E-state index contributed by atoms with van der Waals surface area (Å²) in [6.07, 6.45) is 1.46. The minimum Gasteiger partial charge on any atom is -0.465 e. The van der Waals surface area contributed by atoms with E-state index in [2.05, 4.69) is 22.0 Å². The Balaban J connectivity index is 2.05. The molecule has 1 aromatic heterocycles. The summed E-state index contributed by atoms with van der Waals surface area (Å²) in [4.78, 5) is 18.7. The maximum atomic E-state index is 12.5. The monoisotopic (exact) mass is 327 g/mol. The highest BCUT2D eigenvalue weighted by molar-refractivity contribution is 5.79. The molecule has 2 heterocycles. The van der Waals surface area contributed by atoms with Crippen molar-refractivity contribution in [3.8, 4) is 0 Å². The van der Waals surface area contributed by atoms with E-state index in [4.69, 9.17) is 4.74 Å². The molecule has 0 aliphatic carbocycles. The number of carbonyl (C=O) groups is 1. The van der Waals surface area contributed by atoms with Crippen molar-refractivity contribution >= 4 is 17.6 Å². The van der Waals surface area contributed by atoms with Crippen LogP contribution in [0.4, 0.5) is 11.6 Å². The van der Waals surface area contributed by atoms with Crippen molar-refractivity contribution < 1.29 is 9.53 Å². The average Bonchev–Trinajstić information content (AvgIpc) is 3.01. The molecule has 7 heteroatoms. The lowest BCUT2D eigenvalue weighted by molar-refractivity contribution is -0.147. The third kappa shape index (κ3) is 2.73. The van der Waals surface area contributed by atoms with Crippen LogP contribution >= 0.6 is 0 Å². The van der Waals surface area contributed by atoms with Crippen LogP contribution in [0.15, 0.2) is 42.9 Å². The SMILES string of the molecule is C=C1Nc2ncnn2C(c2ccc(N(C)C)cc2)C1C(=O)OCC. The Kier molecular flexibility index (Phi) is 4.24. The molecule has 2 aromatic rings. The third-order valence-electron chi connectivity index (χ3n) is 4.09. The van der Waals surface area contributed by atoms with E-state index in [0.29, 0.717) is 18.3 Å². The van der Waals surface area contributed by atoms with Gasteiger partial charge in [0.1, 0.15) is 12.2 Å². The highest BCUT2D eigenvalue weighted by Gasteiger charge is 2.40. The van der Waals surface area contributed by atoms with Crippen LogP contribution in [0.1, 0.15) is 18.5 Å². The van der Waals surface area contributed by atoms with Gasteiger partial charge in [-0.3, -0.25) is 4.79 Å². The van der Waals surface area contributed by atoms with Crippen molar-refractivity contribution in [2.45, 2.75) is 13.0 Å². The van der Waals surface area contributed by atoms with Gasteiger partial charge in [-0.05, 0) is 24.6 Å². The summed E-state index contributed by atoms with van der Waals surface area (Å²) in [5.41, 5.74) is 2.60. The van der Waals surface area contributed by atoms with Crippen molar-refractivity contribution in [3.05, 3.63) is 48.4 Å². The molecule has 2 unspecified atom stereocenters. The normalized spacial score (nSPS) is 19.4. The predicted octanol–water partition coefficient (Wildman–Crippen LogP) is 2.05. The second-order valence-electron chi connectivity index (χ2n) is 5.84. The van der Waals surface area contributed by atoms with Gasteiger partial charge in [-0.25, -0.2) is 4.68 Å². The molecular weight excluding hydrogens is 306 g/mol. The van der Waals surface area contributed by atoms with Crippen molar-refractivity contribution in [1.82, 2.24) is 14.8 Å². The first-order valence-corrected chi connectivity index (χ1v) is 7.82. The molecule has 0 saturated carbocycles. The molecule has 0 amide bonds. The van der Waals surface area contributed by atoms with Gasteiger partial charge in [-0.2, -0.15) is 10.1 Å². The first-order chi connectivity index (χ1) is 11.5. The molecule has 0 fully saturated rings. The van der Waals surface area contributed by atoms with Gasteiger partial charge in [0, 0.05) is 25.5 Å². The first kappa shape index (κ1) is 16.0. The number of hydrogen-bond donors (Lipinski definition) is 1. The largest absolute Gasteiger partial charge is 0.465 e.